The lowest BCUT2D eigenvalue weighted by atomic mass is 9.98. The number of primary amides is 1. The fraction of sp³-hybridized carbons (Fsp3) is 0.619. The van der Waals surface area contributed by atoms with Crippen molar-refractivity contribution in [3.8, 4) is 5.75 Å². The first kappa shape index (κ1) is 19.8. The molecule has 2 fully saturated rings. The van der Waals surface area contributed by atoms with Crippen LogP contribution in [0.25, 0.3) is 11.0 Å². The van der Waals surface area contributed by atoms with Gasteiger partial charge in [-0.15, -0.1) is 0 Å². The Labute approximate surface area is 171 Å². The molecule has 1 saturated heterocycles. The molecule has 0 radical (unpaired) electrons. The van der Waals surface area contributed by atoms with Crippen molar-refractivity contribution >= 4 is 29.1 Å². The average molecular weight is 402 g/mol. The van der Waals surface area contributed by atoms with E-state index in [4.69, 9.17) is 14.5 Å². The SMILES string of the molecule is NC=O.OCC1CCN(c2nc3cc(NCC4CC4)cc4c3n2CCCO4)CC1. The van der Waals surface area contributed by atoms with Crippen molar-refractivity contribution in [2.45, 2.75) is 38.6 Å². The second kappa shape index (κ2) is 8.90. The van der Waals surface area contributed by atoms with Gasteiger partial charge in [0.2, 0.25) is 12.4 Å². The number of nitrogens with one attached hydrogen (secondary N) is 1. The minimum absolute atomic E-state index is 0.250. The minimum atomic E-state index is 0.250. The fourth-order valence-corrected chi connectivity index (χ4v) is 4.19. The predicted octanol–water partition coefficient (Wildman–Crippen LogP) is 1.95. The number of hydrogen-bond donors (Lipinski definition) is 3. The van der Waals surface area contributed by atoms with Crippen LogP contribution in [0.5, 0.6) is 5.75 Å². The van der Waals surface area contributed by atoms with Crippen LogP contribution in [0, 0.1) is 11.8 Å². The zero-order chi connectivity index (χ0) is 20.2. The van der Waals surface area contributed by atoms with E-state index < -0.39 is 0 Å². The summed E-state index contributed by atoms with van der Waals surface area (Å²) in [6, 6.07) is 4.33. The van der Waals surface area contributed by atoms with Crippen molar-refractivity contribution in [3.05, 3.63) is 12.1 Å². The molecule has 2 aromatic rings. The van der Waals surface area contributed by atoms with Gasteiger partial charge in [0.25, 0.3) is 0 Å². The average Bonchev–Trinajstić information content (AvgIpc) is 3.53. The van der Waals surface area contributed by atoms with Crippen molar-refractivity contribution in [1.82, 2.24) is 9.55 Å². The maximum absolute atomic E-state index is 9.41. The van der Waals surface area contributed by atoms with Gasteiger partial charge in [0.1, 0.15) is 11.3 Å². The van der Waals surface area contributed by atoms with Gasteiger partial charge in [0.15, 0.2) is 0 Å². The van der Waals surface area contributed by atoms with E-state index in [1.807, 2.05) is 0 Å². The number of ether oxygens (including phenoxy) is 1. The van der Waals surface area contributed by atoms with Gasteiger partial charge in [-0.2, -0.15) is 0 Å². The van der Waals surface area contributed by atoms with Gasteiger partial charge in [-0.1, -0.05) is 0 Å². The number of benzene rings is 1. The van der Waals surface area contributed by atoms with Gasteiger partial charge in [0.05, 0.1) is 12.1 Å². The lowest BCUT2D eigenvalue weighted by Crippen LogP contribution is -2.36. The Hall–Kier alpha value is -2.48. The number of carbonyl (C=O) groups is 1. The zero-order valence-corrected chi connectivity index (χ0v) is 16.8. The number of hydrogen-bond acceptors (Lipinski definition) is 6. The summed E-state index contributed by atoms with van der Waals surface area (Å²) in [7, 11) is 0. The summed E-state index contributed by atoms with van der Waals surface area (Å²) in [5.74, 6) is 3.31. The van der Waals surface area contributed by atoms with Crippen LogP contribution in [0.4, 0.5) is 11.6 Å². The second-order valence-corrected chi connectivity index (χ2v) is 8.18. The van der Waals surface area contributed by atoms with Crippen molar-refractivity contribution in [1.29, 1.82) is 0 Å². The number of rotatable bonds is 5. The number of nitrogens with two attached hydrogens (primary N) is 1. The van der Waals surface area contributed by atoms with Crippen LogP contribution < -0.4 is 20.7 Å². The van der Waals surface area contributed by atoms with Gasteiger partial charge in [0, 0.05) is 44.5 Å². The van der Waals surface area contributed by atoms with E-state index >= 15 is 0 Å². The number of imidazole rings is 1. The summed E-state index contributed by atoms with van der Waals surface area (Å²) >= 11 is 0. The molecule has 5 rings (SSSR count). The number of amides is 1. The van der Waals surface area contributed by atoms with Gasteiger partial charge < -0.3 is 30.4 Å². The number of anilines is 2. The molecule has 0 spiro atoms. The van der Waals surface area contributed by atoms with E-state index in [1.54, 1.807) is 0 Å². The van der Waals surface area contributed by atoms with E-state index in [-0.39, 0.29) is 6.41 Å². The van der Waals surface area contributed by atoms with E-state index in [1.165, 1.54) is 12.8 Å². The van der Waals surface area contributed by atoms with Crippen LogP contribution in [0.3, 0.4) is 0 Å². The maximum atomic E-state index is 9.41. The van der Waals surface area contributed by atoms with Crippen LogP contribution in [-0.2, 0) is 11.3 Å². The first-order chi connectivity index (χ1) is 14.2. The highest BCUT2D eigenvalue weighted by Crippen LogP contribution is 2.37. The molecule has 3 aliphatic rings. The lowest BCUT2D eigenvalue weighted by Gasteiger charge is -2.32. The Kier molecular flexibility index (Phi) is 6.08. The topological polar surface area (TPSA) is 106 Å². The first-order valence-electron chi connectivity index (χ1n) is 10.7. The molecule has 2 aliphatic heterocycles. The molecule has 8 heteroatoms. The number of nitrogens with zero attached hydrogens (tertiary/aromatic N) is 3. The molecule has 3 heterocycles. The molecule has 4 N–H and O–H groups in total. The fourth-order valence-electron chi connectivity index (χ4n) is 4.19. The third-order valence-corrected chi connectivity index (χ3v) is 6.02. The highest BCUT2D eigenvalue weighted by atomic mass is 16.5. The van der Waals surface area contributed by atoms with Crippen molar-refractivity contribution in [3.63, 3.8) is 0 Å². The third-order valence-electron chi connectivity index (χ3n) is 6.02. The minimum Gasteiger partial charge on any atom is -0.491 e. The van der Waals surface area contributed by atoms with Crippen molar-refractivity contribution < 1.29 is 14.6 Å². The van der Waals surface area contributed by atoms with E-state index in [0.29, 0.717) is 12.5 Å². The van der Waals surface area contributed by atoms with Crippen LogP contribution in [0.1, 0.15) is 32.1 Å². The van der Waals surface area contributed by atoms with Crippen LogP contribution in [-0.4, -0.2) is 53.9 Å². The normalized spacial score (nSPS) is 19.1. The van der Waals surface area contributed by atoms with Gasteiger partial charge in [-0.05, 0) is 50.0 Å². The van der Waals surface area contributed by atoms with E-state index in [9.17, 15) is 5.11 Å². The summed E-state index contributed by atoms with van der Waals surface area (Å²) in [4.78, 5) is 16.0. The predicted molar refractivity (Wildman–Crippen MR) is 113 cm³/mol. The second-order valence-electron chi connectivity index (χ2n) is 8.18. The highest BCUT2D eigenvalue weighted by Gasteiger charge is 2.26. The molecule has 0 atom stereocenters. The first-order valence-corrected chi connectivity index (χ1v) is 10.7. The van der Waals surface area contributed by atoms with Gasteiger partial charge in [-0.25, -0.2) is 4.98 Å². The zero-order valence-electron chi connectivity index (χ0n) is 16.8. The monoisotopic (exact) mass is 401 g/mol. The Balaban J connectivity index is 0.000000645. The highest BCUT2D eigenvalue weighted by molar-refractivity contribution is 5.88. The standard InChI is InChI=1S/C20H28N4O2.CH3NO/c25-13-15-4-7-23(8-5-15)20-22-17-10-16(21-12-14-2-3-14)11-18-19(17)24(20)6-1-9-26-18;2-1-3/h10-11,14-15,21,25H,1-9,12-13H2;1H,(H2,2,3). The smallest absolute Gasteiger partial charge is 0.206 e. The molecule has 1 aromatic heterocycles. The van der Waals surface area contributed by atoms with Crippen LogP contribution in [0.2, 0.25) is 0 Å². The molecule has 0 unspecified atom stereocenters. The summed E-state index contributed by atoms with van der Waals surface area (Å²) in [6.07, 6.45) is 6.03. The van der Waals surface area contributed by atoms with Crippen molar-refractivity contribution in [2.24, 2.45) is 17.6 Å². The summed E-state index contributed by atoms with van der Waals surface area (Å²) in [5, 5.41) is 13.0. The number of piperidine rings is 1. The maximum Gasteiger partial charge on any atom is 0.206 e. The molecule has 0 bridgehead atoms. The Bertz CT molecular complexity index is 840. The molecule has 1 saturated carbocycles. The molecule has 1 aliphatic carbocycles. The Morgan fingerprint density at radius 1 is 1.21 bits per heavy atom. The quantitative estimate of drug-likeness (QED) is 0.662. The molecular formula is C21H31N5O3. The lowest BCUT2D eigenvalue weighted by molar-refractivity contribution is -0.106. The molecule has 1 amide bonds. The summed E-state index contributed by atoms with van der Waals surface area (Å²) < 4.78 is 8.42. The molecule has 8 nitrogen and oxygen atoms in total. The number of aliphatic hydroxyl groups excluding tert-OH is 1. The third kappa shape index (κ3) is 4.42. The molecule has 1 aromatic carbocycles. The molecule has 158 valence electrons. The van der Waals surface area contributed by atoms with Gasteiger partial charge >= 0.3 is 0 Å². The summed E-state index contributed by atoms with van der Waals surface area (Å²) in [5.41, 5.74) is 7.46. The van der Waals surface area contributed by atoms with Crippen LogP contribution in [0.15, 0.2) is 12.1 Å². The van der Waals surface area contributed by atoms with E-state index in [2.05, 4.69) is 32.7 Å². The summed E-state index contributed by atoms with van der Waals surface area (Å²) in [6.45, 7) is 5.00. The van der Waals surface area contributed by atoms with Gasteiger partial charge in [-0.3, -0.25) is 4.79 Å². The number of aliphatic hydroxyl groups is 1. The van der Waals surface area contributed by atoms with Crippen molar-refractivity contribution in [2.75, 3.05) is 43.1 Å². The number of carbonyl (C=O) groups excluding carboxylic acids is 1. The number of aryl methyl sites for hydroxylation is 1. The Morgan fingerprint density at radius 3 is 2.66 bits per heavy atom. The van der Waals surface area contributed by atoms with Crippen LogP contribution >= 0.6 is 0 Å². The number of aromatic nitrogens is 2. The molecular weight excluding hydrogens is 370 g/mol. The molecule has 29 heavy (non-hydrogen) atoms. The van der Waals surface area contributed by atoms with E-state index in [0.717, 1.165) is 86.4 Å². The largest absolute Gasteiger partial charge is 0.491 e. The Morgan fingerprint density at radius 2 is 1.97 bits per heavy atom.